The van der Waals surface area contributed by atoms with Crippen LogP contribution < -0.4 is 4.74 Å². The summed E-state index contributed by atoms with van der Waals surface area (Å²) in [6, 6.07) is 6.51. The SMILES string of the molecule is CCOc1ccc(S(=O)(=O)N2CCN(C[C@H](C)CF)CC2)cc1. The van der Waals surface area contributed by atoms with E-state index in [1.54, 1.807) is 24.3 Å². The minimum absolute atomic E-state index is 0.00994. The Bertz CT molecular complexity index is 584. The van der Waals surface area contributed by atoms with E-state index in [9.17, 15) is 12.8 Å². The Morgan fingerprint density at radius 3 is 2.30 bits per heavy atom. The van der Waals surface area contributed by atoms with Crippen molar-refractivity contribution in [1.82, 2.24) is 9.21 Å². The Kier molecular flexibility index (Phi) is 6.38. The van der Waals surface area contributed by atoms with Crippen molar-refractivity contribution >= 4 is 10.0 Å². The maximum atomic E-state index is 12.6. The van der Waals surface area contributed by atoms with Gasteiger partial charge in [-0.2, -0.15) is 4.31 Å². The van der Waals surface area contributed by atoms with Gasteiger partial charge in [-0.1, -0.05) is 6.92 Å². The zero-order valence-corrected chi connectivity index (χ0v) is 14.6. The van der Waals surface area contributed by atoms with Gasteiger partial charge in [0, 0.05) is 32.7 Å². The van der Waals surface area contributed by atoms with Crippen molar-refractivity contribution in [1.29, 1.82) is 0 Å². The predicted octanol–water partition coefficient (Wildman–Crippen LogP) is 2.00. The van der Waals surface area contributed by atoms with Gasteiger partial charge in [-0.3, -0.25) is 4.39 Å². The van der Waals surface area contributed by atoms with Crippen molar-refractivity contribution in [2.24, 2.45) is 5.92 Å². The van der Waals surface area contributed by atoms with Crippen LogP contribution in [0.5, 0.6) is 5.75 Å². The molecule has 0 spiro atoms. The normalized spacial score (nSPS) is 18.7. The maximum Gasteiger partial charge on any atom is 0.243 e. The first-order valence-corrected chi connectivity index (χ1v) is 9.42. The third kappa shape index (κ3) is 4.65. The molecule has 5 nitrogen and oxygen atoms in total. The number of piperazine rings is 1. The van der Waals surface area contributed by atoms with Crippen LogP contribution >= 0.6 is 0 Å². The largest absolute Gasteiger partial charge is 0.494 e. The molecule has 1 atom stereocenters. The van der Waals surface area contributed by atoms with E-state index < -0.39 is 10.0 Å². The maximum absolute atomic E-state index is 12.6. The fourth-order valence-corrected chi connectivity index (χ4v) is 4.09. The minimum Gasteiger partial charge on any atom is -0.494 e. The average Bonchev–Trinajstić information content (AvgIpc) is 2.56. The first-order chi connectivity index (χ1) is 11.0. The number of rotatable bonds is 7. The van der Waals surface area contributed by atoms with E-state index >= 15 is 0 Å². The fourth-order valence-electron chi connectivity index (χ4n) is 2.67. The lowest BCUT2D eigenvalue weighted by Crippen LogP contribution is -2.49. The summed E-state index contributed by atoms with van der Waals surface area (Å²) in [6.07, 6.45) is 0. The summed E-state index contributed by atoms with van der Waals surface area (Å²) in [5.74, 6) is 0.653. The molecular weight excluding hydrogens is 319 g/mol. The number of alkyl halides is 1. The van der Waals surface area contributed by atoms with Gasteiger partial charge in [-0.15, -0.1) is 0 Å². The molecule has 0 saturated carbocycles. The van der Waals surface area contributed by atoms with Crippen molar-refractivity contribution < 1.29 is 17.5 Å². The topological polar surface area (TPSA) is 49.9 Å². The molecule has 0 N–H and O–H groups in total. The predicted molar refractivity (Wildman–Crippen MR) is 87.9 cm³/mol. The Balaban J connectivity index is 1.98. The summed E-state index contributed by atoms with van der Waals surface area (Å²) in [6.45, 7) is 6.78. The Labute approximate surface area is 138 Å². The van der Waals surface area contributed by atoms with Crippen LogP contribution in [0.3, 0.4) is 0 Å². The van der Waals surface area contributed by atoms with Crippen molar-refractivity contribution in [2.45, 2.75) is 18.7 Å². The second-order valence-electron chi connectivity index (χ2n) is 5.87. The van der Waals surface area contributed by atoms with E-state index in [0.29, 0.717) is 45.1 Å². The number of ether oxygens (including phenoxy) is 1. The molecule has 1 saturated heterocycles. The van der Waals surface area contributed by atoms with Crippen LogP contribution in [-0.4, -0.2) is 63.6 Å². The van der Waals surface area contributed by atoms with Crippen LogP contribution in [0, 0.1) is 5.92 Å². The number of nitrogens with zero attached hydrogens (tertiary/aromatic N) is 2. The molecule has 7 heteroatoms. The van der Waals surface area contributed by atoms with Gasteiger partial charge in [0.25, 0.3) is 0 Å². The molecule has 23 heavy (non-hydrogen) atoms. The second-order valence-corrected chi connectivity index (χ2v) is 7.81. The van der Waals surface area contributed by atoms with Crippen LogP contribution in [0.15, 0.2) is 29.2 Å². The summed E-state index contributed by atoms with van der Waals surface area (Å²) in [7, 11) is -3.47. The zero-order valence-electron chi connectivity index (χ0n) is 13.7. The monoisotopic (exact) mass is 344 g/mol. The average molecular weight is 344 g/mol. The summed E-state index contributed by atoms with van der Waals surface area (Å²) in [5, 5.41) is 0. The van der Waals surface area contributed by atoms with Crippen molar-refractivity contribution in [3.63, 3.8) is 0 Å². The smallest absolute Gasteiger partial charge is 0.243 e. The molecule has 0 unspecified atom stereocenters. The van der Waals surface area contributed by atoms with Crippen molar-refractivity contribution in [2.75, 3.05) is 46.0 Å². The Morgan fingerprint density at radius 1 is 1.17 bits per heavy atom. The molecule has 1 aliphatic rings. The van der Waals surface area contributed by atoms with Crippen molar-refractivity contribution in [3.8, 4) is 5.75 Å². The third-order valence-corrected chi connectivity index (χ3v) is 5.85. The van der Waals surface area contributed by atoms with Crippen LogP contribution in [0.1, 0.15) is 13.8 Å². The van der Waals surface area contributed by atoms with Gasteiger partial charge in [0.1, 0.15) is 5.75 Å². The molecule has 130 valence electrons. The second kappa shape index (κ2) is 8.08. The Hall–Kier alpha value is -1.18. The molecular formula is C16H25FN2O3S. The molecule has 0 amide bonds. The highest BCUT2D eigenvalue weighted by Gasteiger charge is 2.28. The van der Waals surface area contributed by atoms with Gasteiger partial charge in [0.2, 0.25) is 10.0 Å². The van der Waals surface area contributed by atoms with Gasteiger partial charge in [0.05, 0.1) is 18.2 Å². The molecule has 1 aliphatic heterocycles. The lowest BCUT2D eigenvalue weighted by molar-refractivity contribution is 0.159. The van der Waals surface area contributed by atoms with Crippen LogP contribution in [-0.2, 0) is 10.0 Å². The molecule has 2 rings (SSSR count). The summed E-state index contributed by atoms with van der Waals surface area (Å²) in [5.41, 5.74) is 0. The zero-order chi connectivity index (χ0) is 16.9. The number of hydrogen-bond donors (Lipinski definition) is 0. The van der Waals surface area contributed by atoms with E-state index in [4.69, 9.17) is 4.74 Å². The molecule has 1 heterocycles. The number of sulfonamides is 1. The molecule has 1 aromatic carbocycles. The van der Waals surface area contributed by atoms with E-state index in [2.05, 4.69) is 4.90 Å². The number of benzene rings is 1. The van der Waals surface area contributed by atoms with Gasteiger partial charge in [0.15, 0.2) is 0 Å². The third-order valence-electron chi connectivity index (χ3n) is 3.94. The van der Waals surface area contributed by atoms with Crippen LogP contribution in [0.2, 0.25) is 0 Å². The highest BCUT2D eigenvalue weighted by molar-refractivity contribution is 7.89. The lowest BCUT2D eigenvalue weighted by Gasteiger charge is -2.34. The lowest BCUT2D eigenvalue weighted by atomic mass is 10.2. The summed E-state index contributed by atoms with van der Waals surface area (Å²) >= 11 is 0. The highest BCUT2D eigenvalue weighted by atomic mass is 32.2. The minimum atomic E-state index is -3.47. The van der Waals surface area contributed by atoms with E-state index in [1.165, 1.54) is 4.31 Å². The van der Waals surface area contributed by atoms with Crippen LogP contribution in [0.25, 0.3) is 0 Å². The first kappa shape index (κ1) is 18.2. The number of hydrogen-bond acceptors (Lipinski definition) is 4. The fraction of sp³-hybridized carbons (Fsp3) is 0.625. The first-order valence-electron chi connectivity index (χ1n) is 7.98. The van der Waals surface area contributed by atoms with E-state index in [0.717, 1.165) is 0 Å². The molecule has 1 fully saturated rings. The van der Waals surface area contributed by atoms with Gasteiger partial charge in [-0.25, -0.2) is 8.42 Å². The van der Waals surface area contributed by atoms with Crippen molar-refractivity contribution in [3.05, 3.63) is 24.3 Å². The van der Waals surface area contributed by atoms with Crippen LogP contribution in [0.4, 0.5) is 4.39 Å². The van der Waals surface area contributed by atoms with E-state index in [1.807, 2.05) is 13.8 Å². The van der Waals surface area contributed by atoms with Gasteiger partial charge < -0.3 is 9.64 Å². The molecule has 0 aliphatic carbocycles. The standard InChI is InChI=1S/C16H25FN2O3S/c1-3-22-15-4-6-16(7-5-15)23(20,21)19-10-8-18(9-11-19)13-14(2)12-17/h4-7,14H,3,8-13H2,1-2H3/t14-/m1/s1. The molecule has 0 bridgehead atoms. The molecule has 1 aromatic rings. The Morgan fingerprint density at radius 2 is 1.78 bits per heavy atom. The quantitative estimate of drug-likeness (QED) is 0.759. The molecule has 0 aromatic heterocycles. The van der Waals surface area contributed by atoms with E-state index in [-0.39, 0.29) is 17.5 Å². The summed E-state index contributed by atoms with van der Waals surface area (Å²) in [4.78, 5) is 2.40. The van der Waals surface area contributed by atoms with Gasteiger partial charge >= 0.3 is 0 Å². The van der Waals surface area contributed by atoms with Gasteiger partial charge in [-0.05, 0) is 37.1 Å². The highest BCUT2D eigenvalue weighted by Crippen LogP contribution is 2.21. The number of halogens is 1. The summed E-state index contributed by atoms with van der Waals surface area (Å²) < 4.78 is 44.7. The molecule has 0 radical (unpaired) electrons.